The minimum Gasteiger partial charge on any atom is -0.330 e. The Hall–Kier alpha value is -0.290. The van der Waals surface area contributed by atoms with Crippen molar-refractivity contribution in [3.63, 3.8) is 0 Å². The van der Waals surface area contributed by atoms with Crippen molar-refractivity contribution in [2.45, 2.75) is 42.2 Å². The topological polar surface area (TPSA) is 60.2 Å². The lowest BCUT2D eigenvalue weighted by molar-refractivity contribution is 0.456. The largest absolute Gasteiger partial charge is 0.330 e. The van der Waals surface area contributed by atoms with Crippen LogP contribution in [0.2, 0.25) is 10.0 Å². The number of nitrogens with two attached hydrogens (primary N) is 1. The molecule has 0 heterocycles. The van der Waals surface area contributed by atoms with E-state index in [0.717, 1.165) is 25.7 Å². The maximum atomic E-state index is 12.9. The Morgan fingerprint density at radius 1 is 1.15 bits per heavy atom. The van der Waals surface area contributed by atoms with E-state index < -0.39 is 15.1 Å². The van der Waals surface area contributed by atoms with Crippen LogP contribution in [0.4, 0.5) is 0 Å². The van der Waals surface area contributed by atoms with E-state index in [1.54, 1.807) is 6.07 Å². The first-order chi connectivity index (χ1) is 9.46. The summed E-state index contributed by atoms with van der Waals surface area (Å²) < 4.78 is 25.8. The molecule has 3 nitrogen and oxygen atoms in total. The van der Waals surface area contributed by atoms with Crippen LogP contribution in [0, 0.1) is 5.92 Å². The van der Waals surface area contributed by atoms with Crippen LogP contribution in [0.1, 0.15) is 32.1 Å². The Bertz CT molecular complexity index is 575. The first kappa shape index (κ1) is 16.1. The van der Waals surface area contributed by atoms with Crippen LogP contribution in [0.5, 0.6) is 0 Å². The van der Waals surface area contributed by atoms with Crippen molar-refractivity contribution in [1.29, 1.82) is 0 Å². The average Bonchev–Trinajstić information content (AvgIpc) is 2.66. The lowest BCUT2D eigenvalue weighted by atomic mass is 10.0. The second-order valence-corrected chi connectivity index (χ2v) is 8.27. The van der Waals surface area contributed by atoms with Crippen LogP contribution in [0.3, 0.4) is 0 Å². The van der Waals surface area contributed by atoms with E-state index in [1.165, 1.54) is 12.1 Å². The molecule has 0 aromatic heterocycles. The van der Waals surface area contributed by atoms with Crippen molar-refractivity contribution < 1.29 is 8.42 Å². The monoisotopic (exact) mass is 335 g/mol. The molecule has 0 radical (unpaired) electrons. The minimum absolute atomic E-state index is 0.00227. The molecule has 2 unspecified atom stereocenters. The fourth-order valence-corrected chi connectivity index (χ4v) is 5.75. The van der Waals surface area contributed by atoms with Crippen LogP contribution in [-0.2, 0) is 9.84 Å². The third-order valence-electron chi connectivity index (χ3n) is 3.99. The van der Waals surface area contributed by atoms with Gasteiger partial charge in [-0.05, 0) is 43.5 Å². The van der Waals surface area contributed by atoms with E-state index in [-0.39, 0.29) is 15.8 Å². The van der Waals surface area contributed by atoms with Crippen molar-refractivity contribution in [3.8, 4) is 0 Å². The average molecular weight is 336 g/mol. The molecule has 0 aliphatic heterocycles. The van der Waals surface area contributed by atoms with Crippen LogP contribution >= 0.6 is 23.2 Å². The smallest absolute Gasteiger partial charge is 0.183 e. The molecule has 112 valence electrons. The van der Waals surface area contributed by atoms with Crippen LogP contribution in [0.25, 0.3) is 0 Å². The van der Waals surface area contributed by atoms with Gasteiger partial charge in [0.2, 0.25) is 0 Å². The third kappa shape index (κ3) is 3.30. The van der Waals surface area contributed by atoms with Crippen molar-refractivity contribution >= 4 is 33.0 Å². The fourth-order valence-electron chi connectivity index (χ4n) is 2.89. The molecule has 1 aliphatic rings. The summed E-state index contributed by atoms with van der Waals surface area (Å²) in [4.78, 5) is 0.136. The van der Waals surface area contributed by atoms with Gasteiger partial charge in [-0.3, -0.25) is 0 Å². The van der Waals surface area contributed by atoms with Crippen LogP contribution in [0.15, 0.2) is 23.1 Å². The molecule has 0 spiro atoms. The maximum Gasteiger partial charge on any atom is 0.183 e. The molecule has 0 amide bonds. The van der Waals surface area contributed by atoms with Gasteiger partial charge in [0.25, 0.3) is 0 Å². The van der Waals surface area contributed by atoms with E-state index in [0.29, 0.717) is 18.0 Å². The molecule has 1 saturated carbocycles. The first-order valence-corrected chi connectivity index (χ1v) is 9.16. The van der Waals surface area contributed by atoms with Gasteiger partial charge in [0.1, 0.15) is 0 Å². The molecular weight excluding hydrogens is 317 g/mol. The molecule has 1 fully saturated rings. The van der Waals surface area contributed by atoms with Gasteiger partial charge in [0, 0.05) is 5.02 Å². The van der Waals surface area contributed by atoms with Crippen molar-refractivity contribution in [3.05, 3.63) is 28.2 Å². The molecule has 2 rings (SSSR count). The number of rotatable bonds is 3. The molecule has 1 aliphatic carbocycles. The summed E-state index contributed by atoms with van der Waals surface area (Å²) in [6, 6.07) is 4.57. The lowest BCUT2D eigenvalue weighted by Crippen LogP contribution is -2.34. The molecule has 0 saturated heterocycles. The number of hydrogen-bond acceptors (Lipinski definition) is 3. The second kappa shape index (κ2) is 6.65. The Kier molecular flexibility index (Phi) is 5.35. The van der Waals surface area contributed by atoms with Crippen LogP contribution < -0.4 is 5.73 Å². The van der Waals surface area contributed by atoms with Gasteiger partial charge in [0.15, 0.2) is 9.84 Å². The van der Waals surface area contributed by atoms with E-state index >= 15 is 0 Å². The van der Waals surface area contributed by atoms with Gasteiger partial charge in [-0.2, -0.15) is 0 Å². The molecular formula is C14H19Cl2NO2S. The predicted octanol–water partition coefficient (Wildman–Crippen LogP) is 3.67. The molecule has 1 aromatic rings. The number of hydrogen-bond donors (Lipinski definition) is 1. The number of benzene rings is 1. The highest BCUT2D eigenvalue weighted by atomic mass is 35.5. The lowest BCUT2D eigenvalue weighted by Gasteiger charge is -2.24. The van der Waals surface area contributed by atoms with E-state index in [2.05, 4.69) is 0 Å². The van der Waals surface area contributed by atoms with Gasteiger partial charge < -0.3 is 5.73 Å². The van der Waals surface area contributed by atoms with Gasteiger partial charge in [-0.25, -0.2) is 8.42 Å². The van der Waals surface area contributed by atoms with Gasteiger partial charge in [0.05, 0.1) is 15.2 Å². The van der Waals surface area contributed by atoms with E-state index in [1.807, 2.05) is 0 Å². The zero-order valence-electron chi connectivity index (χ0n) is 11.2. The van der Waals surface area contributed by atoms with Crippen molar-refractivity contribution in [2.75, 3.05) is 6.54 Å². The Labute approximate surface area is 130 Å². The fraction of sp³-hybridized carbons (Fsp3) is 0.571. The SMILES string of the molecule is NCC1CCCCCC1S(=O)(=O)c1cc(Cl)ccc1Cl. The van der Waals surface area contributed by atoms with Gasteiger partial charge >= 0.3 is 0 Å². The number of halogens is 2. The molecule has 20 heavy (non-hydrogen) atoms. The summed E-state index contributed by atoms with van der Waals surface area (Å²) >= 11 is 12.0. The van der Waals surface area contributed by atoms with Crippen LogP contribution in [-0.4, -0.2) is 20.2 Å². The predicted molar refractivity (Wildman–Crippen MR) is 83.1 cm³/mol. The highest BCUT2D eigenvalue weighted by Gasteiger charge is 2.35. The molecule has 0 bridgehead atoms. The summed E-state index contributed by atoms with van der Waals surface area (Å²) in [6.45, 7) is 0.391. The normalized spacial score (nSPS) is 24.4. The molecule has 1 aromatic carbocycles. The summed E-state index contributed by atoms with van der Waals surface area (Å²) in [6.07, 6.45) is 4.52. The standard InChI is InChI=1S/C14H19Cl2NO2S/c15-11-6-7-12(16)14(8-11)20(18,19)13-5-3-1-2-4-10(13)9-17/h6-8,10,13H,1-5,9,17H2. The van der Waals surface area contributed by atoms with E-state index in [4.69, 9.17) is 28.9 Å². The Morgan fingerprint density at radius 2 is 1.85 bits per heavy atom. The zero-order chi connectivity index (χ0) is 14.8. The maximum absolute atomic E-state index is 12.9. The van der Waals surface area contributed by atoms with Gasteiger partial charge in [-0.15, -0.1) is 0 Å². The highest BCUT2D eigenvalue weighted by molar-refractivity contribution is 7.92. The summed E-state index contributed by atoms with van der Waals surface area (Å²) in [5.41, 5.74) is 5.78. The van der Waals surface area contributed by atoms with Crippen molar-refractivity contribution in [1.82, 2.24) is 0 Å². The van der Waals surface area contributed by atoms with Crippen molar-refractivity contribution in [2.24, 2.45) is 11.7 Å². The third-order valence-corrected chi connectivity index (χ3v) is 7.04. The Morgan fingerprint density at radius 3 is 2.55 bits per heavy atom. The zero-order valence-corrected chi connectivity index (χ0v) is 13.5. The number of sulfone groups is 1. The minimum atomic E-state index is -3.50. The molecule has 2 atom stereocenters. The molecule has 6 heteroatoms. The Balaban J connectivity index is 2.44. The van der Waals surface area contributed by atoms with Gasteiger partial charge in [-0.1, -0.05) is 42.5 Å². The summed E-state index contributed by atoms with van der Waals surface area (Å²) in [5, 5.41) is 0.159. The quantitative estimate of drug-likeness (QED) is 0.857. The second-order valence-electron chi connectivity index (χ2n) is 5.29. The van der Waals surface area contributed by atoms with E-state index in [9.17, 15) is 8.42 Å². The summed E-state index contributed by atoms with van der Waals surface area (Å²) in [5.74, 6) is -0.00227. The first-order valence-electron chi connectivity index (χ1n) is 6.86. The highest BCUT2D eigenvalue weighted by Crippen LogP contribution is 2.35. The molecule has 2 N–H and O–H groups in total. The summed E-state index contributed by atoms with van der Waals surface area (Å²) in [7, 11) is -3.50.